The summed E-state index contributed by atoms with van der Waals surface area (Å²) < 4.78 is 21.8. The fraction of sp³-hybridized carbons (Fsp3) is 0. The van der Waals surface area contributed by atoms with E-state index in [-0.39, 0.29) is 0 Å². The van der Waals surface area contributed by atoms with Crippen molar-refractivity contribution in [2.24, 2.45) is 0 Å². The van der Waals surface area contributed by atoms with Gasteiger partial charge in [-0.05, 0) is 65.4 Å². The number of fused-ring (bicyclic) bond motifs is 12. The van der Waals surface area contributed by atoms with Crippen LogP contribution in [0.3, 0.4) is 0 Å². The van der Waals surface area contributed by atoms with Crippen molar-refractivity contribution in [1.29, 1.82) is 0 Å². The molecule has 46 heavy (non-hydrogen) atoms. The fourth-order valence-corrected chi connectivity index (χ4v) is 7.52. The minimum Gasteiger partial charge on any atom is -0.456 e. The van der Waals surface area contributed by atoms with Crippen LogP contribution in [0, 0.1) is 0 Å². The summed E-state index contributed by atoms with van der Waals surface area (Å²) >= 11 is 0. The van der Waals surface area contributed by atoms with Crippen LogP contribution in [-0.2, 0) is 0 Å². The highest BCUT2D eigenvalue weighted by atomic mass is 16.3. The normalized spacial score (nSPS) is 12.3. The van der Waals surface area contributed by atoms with Gasteiger partial charge in [-0.25, -0.2) is 0 Å². The Morgan fingerprint density at radius 1 is 0.391 bits per heavy atom. The molecule has 11 rings (SSSR count). The summed E-state index contributed by atoms with van der Waals surface area (Å²) in [5, 5.41) is 10.2. The molecule has 214 valence electrons. The van der Waals surface area contributed by atoms with E-state index < -0.39 is 0 Å². The van der Waals surface area contributed by atoms with Crippen LogP contribution < -0.4 is 0 Å². The second-order valence-corrected chi connectivity index (χ2v) is 12.1. The van der Waals surface area contributed by atoms with Gasteiger partial charge in [0, 0.05) is 49.5 Å². The zero-order chi connectivity index (χ0) is 29.9. The van der Waals surface area contributed by atoms with Gasteiger partial charge in [0.25, 0.3) is 0 Å². The third-order valence-electron chi connectivity index (χ3n) is 9.57. The SMILES string of the molecule is c1ccc2oc(-c3cc4ccccc4c4c3oc3ccc(-n5c6ccccc6c6cc7c(cc65)oc5ccccc57)cc34)cc2c1. The zero-order valence-corrected chi connectivity index (χ0v) is 24.5. The third kappa shape index (κ3) is 3.17. The lowest BCUT2D eigenvalue weighted by molar-refractivity contribution is 0.626. The number of aromatic nitrogens is 1. The highest BCUT2D eigenvalue weighted by Crippen LogP contribution is 2.44. The first-order chi connectivity index (χ1) is 22.8. The van der Waals surface area contributed by atoms with Gasteiger partial charge in [0.2, 0.25) is 0 Å². The minimum atomic E-state index is 0.800. The molecule has 4 heteroatoms. The van der Waals surface area contributed by atoms with Crippen molar-refractivity contribution in [3.8, 4) is 17.0 Å². The predicted molar refractivity (Wildman–Crippen MR) is 188 cm³/mol. The van der Waals surface area contributed by atoms with Crippen molar-refractivity contribution in [1.82, 2.24) is 4.57 Å². The van der Waals surface area contributed by atoms with Gasteiger partial charge in [-0.2, -0.15) is 0 Å². The Hall–Kier alpha value is -6.26. The number of furan rings is 3. The fourth-order valence-electron chi connectivity index (χ4n) is 7.52. The van der Waals surface area contributed by atoms with Gasteiger partial charge in [-0.3, -0.25) is 0 Å². The summed E-state index contributed by atoms with van der Waals surface area (Å²) in [4.78, 5) is 0. The molecule has 0 unspecified atom stereocenters. The molecule has 4 heterocycles. The molecule has 0 bridgehead atoms. The van der Waals surface area contributed by atoms with E-state index >= 15 is 0 Å². The number of para-hydroxylation sites is 3. The van der Waals surface area contributed by atoms with Crippen LogP contribution in [0.5, 0.6) is 0 Å². The predicted octanol–water partition coefficient (Wildman–Crippen LogP) is 12.1. The first-order valence-corrected chi connectivity index (χ1v) is 15.5. The molecule has 7 aromatic carbocycles. The molecule has 0 spiro atoms. The van der Waals surface area contributed by atoms with Gasteiger partial charge in [-0.1, -0.05) is 78.9 Å². The Balaban J connectivity index is 1.23. The van der Waals surface area contributed by atoms with Crippen LogP contribution >= 0.6 is 0 Å². The van der Waals surface area contributed by atoms with E-state index in [0.717, 1.165) is 93.7 Å². The van der Waals surface area contributed by atoms with Crippen LogP contribution in [-0.4, -0.2) is 4.57 Å². The topological polar surface area (TPSA) is 44.4 Å². The largest absolute Gasteiger partial charge is 0.456 e. The van der Waals surface area contributed by atoms with Crippen LogP contribution in [0.1, 0.15) is 0 Å². The highest BCUT2D eigenvalue weighted by molar-refractivity contribution is 6.23. The summed E-state index contributed by atoms with van der Waals surface area (Å²) in [6.07, 6.45) is 0. The number of hydrogen-bond acceptors (Lipinski definition) is 3. The molecule has 0 aliphatic heterocycles. The van der Waals surface area contributed by atoms with Gasteiger partial charge < -0.3 is 17.8 Å². The smallest absolute Gasteiger partial charge is 0.147 e. The summed E-state index contributed by atoms with van der Waals surface area (Å²) in [5.74, 6) is 0.800. The van der Waals surface area contributed by atoms with E-state index in [1.165, 1.54) is 10.8 Å². The van der Waals surface area contributed by atoms with Crippen molar-refractivity contribution in [2.45, 2.75) is 0 Å². The lowest BCUT2D eigenvalue weighted by Gasteiger charge is -2.08. The van der Waals surface area contributed by atoms with E-state index in [4.69, 9.17) is 13.3 Å². The molecule has 0 saturated heterocycles. The van der Waals surface area contributed by atoms with E-state index in [9.17, 15) is 0 Å². The molecular formula is C42H23NO3. The molecule has 4 nitrogen and oxygen atoms in total. The van der Waals surface area contributed by atoms with E-state index in [1.54, 1.807) is 0 Å². The van der Waals surface area contributed by atoms with Crippen molar-refractivity contribution < 1.29 is 13.3 Å². The molecule has 0 N–H and O–H groups in total. The first-order valence-electron chi connectivity index (χ1n) is 15.5. The molecule has 0 fully saturated rings. The second kappa shape index (κ2) is 8.68. The summed E-state index contributed by atoms with van der Waals surface area (Å²) in [5.41, 5.74) is 8.59. The number of benzene rings is 7. The Kier molecular flexibility index (Phi) is 4.55. The Morgan fingerprint density at radius 2 is 1.13 bits per heavy atom. The molecule has 0 amide bonds. The van der Waals surface area contributed by atoms with E-state index in [1.807, 2.05) is 30.3 Å². The van der Waals surface area contributed by atoms with Gasteiger partial charge in [-0.15, -0.1) is 0 Å². The maximum absolute atomic E-state index is 6.70. The Bertz CT molecular complexity index is 3000. The monoisotopic (exact) mass is 589 g/mol. The summed E-state index contributed by atoms with van der Waals surface area (Å²) in [6, 6.07) is 48.8. The molecule has 0 aliphatic rings. The lowest BCUT2D eigenvalue weighted by Crippen LogP contribution is -1.93. The number of nitrogens with zero attached hydrogens (tertiary/aromatic N) is 1. The molecule has 11 aromatic rings. The second-order valence-electron chi connectivity index (χ2n) is 12.1. The molecule has 0 radical (unpaired) electrons. The van der Waals surface area contributed by atoms with Crippen molar-refractivity contribution >= 4 is 87.4 Å². The van der Waals surface area contributed by atoms with Gasteiger partial charge >= 0.3 is 0 Å². The van der Waals surface area contributed by atoms with Crippen molar-refractivity contribution in [3.63, 3.8) is 0 Å². The maximum atomic E-state index is 6.70. The van der Waals surface area contributed by atoms with Crippen LogP contribution in [0.2, 0.25) is 0 Å². The Labute approximate surface area is 261 Å². The van der Waals surface area contributed by atoms with Gasteiger partial charge in [0.15, 0.2) is 0 Å². The number of hydrogen-bond donors (Lipinski definition) is 0. The highest BCUT2D eigenvalue weighted by Gasteiger charge is 2.21. The standard InChI is InChI=1S/C42H23NO3/c1-3-11-27-24(9-1)19-33(39-20-25-10-2-7-15-36(25)44-39)42-41(27)32-21-26(17-18-38(32)46-42)43-34-14-6-4-12-28(34)30-22-31-29-13-5-8-16-37(29)45-40(31)23-35(30)43/h1-23H. The van der Waals surface area contributed by atoms with Crippen LogP contribution in [0.4, 0.5) is 0 Å². The molecule has 0 aliphatic carbocycles. The van der Waals surface area contributed by atoms with Crippen molar-refractivity contribution in [3.05, 3.63) is 140 Å². The quantitative estimate of drug-likeness (QED) is 0.201. The third-order valence-corrected chi connectivity index (χ3v) is 9.57. The maximum Gasteiger partial charge on any atom is 0.147 e. The van der Waals surface area contributed by atoms with Crippen LogP contribution in [0.25, 0.3) is 104 Å². The van der Waals surface area contributed by atoms with Gasteiger partial charge in [0.1, 0.15) is 33.7 Å². The Morgan fingerprint density at radius 3 is 2.02 bits per heavy atom. The van der Waals surface area contributed by atoms with E-state index in [0.29, 0.717) is 0 Å². The molecular weight excluding hydrogens is 566 g/mol. The van der Waals surface area contributed by atoms with E-state index in [2.05, 4.69) is 114 Å². The minimum absolute atomic E-state index is 0.800. The summed E-state index contributed by atoms with van der Waals surface area (Å²) in [7, 11) is 0. The van der Waals surface area contributed by atoms with Crippen LogP contribution in [0.15, 0.2) is 153 Å². The molecule has 0 atom stereocenters. The van der Waals surface area contributed by atoms with Gasteiger partial charge in [0.05, 0.1) is 16.6 Å². The molecule has 0 saturated carbocycles. The molecule has 4 aromatic heterocycles. The first kappa shape index (κ1) is 24.1. The number of rotatable bonds is 2. The lowest BCUT2D eigenvalue weighted by atomic mass is 9.99. The zero-order valence-electron chi connectivity index (χ0n) is 24.5. The average molecular weight is 590 g/mol. The summed E-state index contributed by atoms with van der Waals surface area (Å²) in [6.45, 7) is 0. The average Bonchev–Trinajstić information content (AvgIpc) is 3.87. The van der Waals surface area contributed by atoms with Crippen molar-refractivity contribution in [2.75, 3.05) is 0 Å².